The third kappa shape index (κ3) is 4.43. The van der Waals surface area contributed by atoms with Gasteiger partial charge < -0.3 is 25.0 Å². The Morgan fingerprint density at radius 1 is 1.17 bits per heavy atom. The average molecular weight is 476 g/mol. The van der Waals surface area contributed by atoms with Gasteiger partial charge in [0.1, 0.15) is 11.4 Å². The molecular formula is C25H22F2N6O2. The summed E-state index contributed by atoms with van der Waals surface area (Å²) in [6.45, 7) is 1.64. The van der Waals surface area contributed by atoms with Gasteiger partial charge in [-0.05, 0) is 54.8 Å². The highest BCUT2D eigenvalue weighted by Gasteiger charge is 2.19. The number of rotatable bonds is 7. The molecule has 10 heteroatoms. The zero-order chi connectivity index (χ0) is 24.5. The first kappa shape index (κ1) is 22.5. The Hall–Kier alpha value is -4.31. The van der Waals surface area contributed by atoms with Crippen LogP contribution < -0.4 is 10.9 Å². The molecule has 1 unspecified atom stereocenters. The molecular weight excluding hydrogens is 454 g/mol. The predicted molar refractivity (Wildman–Crippen MR) is 129 cm³/mol. The van der Waals surface area contributed by atoms with Crippen LogP contribution in [-0.2, 0) is 6.42 Å². The lowest BCUT2D eigenvalue weighted by Gasteiger charge is -2.19. The van der Waals surface area contributed by atoms with E-state index in [1.54, 1.807) is 18.6 Å². The first-order valence-electron chi connectivity index (χ1n) is 10.9. The Balaban J connectivity index is 1.51. The van der Waals surface area contributed by atoms with E-state index in [2.05, 4.69) is 25.3 Å². The van der Waals surface area contributed by atoms with Crippen molar-refractivity contribution in [1.29, 1.82) is 0 Å². The van der Waals surface area contributed by atoms with E-state index in [0.29, 0.717) is 17.1 Å². The lowest BCUT2D eigenvalue weighted by atomic mass is 10.1. The first-order chi connectivity index (χ1) is 16.9. The number of nitrogens with zero attached hydrogens (tertiary/aromatic N) is 3. The Morgan fingerprint density at radius 2 is 2.03 bits per heavy atom. The van der Waals surface area contributed by atoms with Crippen molar-refractivity contribution in [3.05, 3.63) is 94.4 Å². The Kier molecular flexibility index (Phi) is 5.87. The quantitative estimate of drug-likeness (QED) is 0.286. The van der Waals surface area contributed by atoms with Crippen LogP contribution >= 0.6 is 0 Å². The van der Waals surface area contributed by atoms with Gasteiger partial charge in [0.25, 0.3) is 5.56 Å². The normalized spacial score (nSPS) is 12.2. The number of aliphatic hydroxyl groups is 1. The highest BCUT2D eigenvalue weighted by atomic mass is 19.2. The molecule has 5 rings (SSSR count). The molecule has 35 heavy (non-hydrogen) atoms. The molecule has 0 saturated carbocycles. The van der Waals surface area contributed by atoms with Gasteiger partial charge in [0.05, 0.1) is 35.7 Å². The van der Waals surface area contributed by atoms with Gasteiger partial charge in [0.2, 0.25) is 0 Å². The smallest absolute Gasteiger partial charge is 0.261 e. The number of H-pyrrole nitrogens is 2. The van der Waals surface area contributed by atoms with Crippen molar-refractivity contribution in [3.63, 3.8) is 0 Å². The number of imidazole rings is 2. The fraction of sp³-hybridized carbons (Fsp3) is 0.160. The molecule has 0 aliphatic carbocycles. The fourth-order valence-electron chi connectivity index (χ4n) is 4.12. The van der Waals surface area contributed by atoms with Crippen LogP contribution in [0.25, 0.3) is 28.1 Å². The molecule has 8 nitrogen and oxygen atoms in total. The lowest BCUT2D eigenvalue weighted by molar-refractivity contribution is 0.273. The van der Waals surface area contributed by atoms with Crippen molar-refractivity contribution in [2.24, 2.45) is 0 Å². The second-order valence-electron chi connectivity index (χ2n) is 8.29. The van der Waals surface area contributed by atoms with Crippen LogP contribution in [0.4, 0.5) is 14.5 Å². The minimum Gasteiger partial charge on any atom is -0.394 e. The molecule has 3 heterocycles. The maximum absolute atomic E-state index is 13.6. The van der Waals surface area contributed by atoms with Gasteiger partial charge in [-0.25, -0.2) is 18.7 Å². The number of aryl methyl sites for hydroxylation is 1. The van der Waals surface area contributed by atoms with Crippen molar-refractivity contribution in [2.75, 3.05) is 11.9 Å². The maximum atomic E-state index is 13.6. The van der Waals surface area contributed by atoms with E-state index in [9.17, 15) is 18.7 Å². The van der Waals surface area contributed by atoms with E-state index >= 15 is 0 Å². The summed E-state index contributed by atoms with van der Waals surface area (Å²) in [7, 11) is 0. The minimum atomic E-state index is -0.955. The maximum Gasteiger partial charge on any atom is 0.261 e. The van der Waals surface area contributed by atoms with Gasteiger partial charge in [-0.3, -0.25) is 4.79 Å². The van der Waals surface area contributed by atoms with Gasteiger partial charge in [-0.2, -0.15) is 0 Å². The summed E-state index contributed by atoms with van der Waals surface area (Å²) in [5, 5.41) is 13.1. The van der Waals surface area contributed by atoms with Crippen LogP contribution in [0.2, 0.25) is 0 Å². The number of nitrogens with one attached hydrogen (secondary N) is 3. The van der Waals surface area contributed by atoms with E-state index in [-0.39, 0.29) is 24.2 Å². The van der Waals surface area contributed by atoms with Crippen LogP contribution in [0.15, 0.2) is 66.1 Å². The summed E-state index contributed by atoms with van der Waals surface area (Å²) in [6, 6.07) is 8.62. The summed E-state index contributed by atoms with van der Waals surface area (Å²) in [5.74, 6) is -1.53. The third-order valence-corrected chi connectivity index (χ3v) is 5.81. The number of aliphatic hydroxyl groups excluding tert-OH is 1. The molecule has 2 aromatic carbocycles. The van der Waals surface area contributed by atoms with E-state index in [0.717, 1.165) is 34.4 Å². The van der Waals surface area contributed by atoms with Crippen molar-refractivity contribution in [2.45, 2.75) is 19.4 Å². The molecule has 0 bridgehead atoms. The van der Waals surface area contributed by atoms with Gasteiger partial charge in [0, 0.05) is 24.3 Å². The summed E-state index contributed by atoms with van der Waals surface area (Å²) in [6.07, 6.45) is 6.93. The van der Waals surface area contributed by atoms with Gasteiger partial charge in [-0.1, -0.05) is 6.07 Å². The highest BCUT2D eigenvalue weighted by molar-refractivity contribution is 5.86. The van der Waals surface area contributed by atoms with Crippen LogP contribution in [0.1, 0.15) is 11.1 Å². The Bertz CT molecular complexity index is 1560. The molecule has 5 aromatic rings. The van der Waals surface area contributed by atoms with Gasteiger partial charge in [0.15, 0.2) is 11.6 Å². The van der Waals surface area contributed by atoms with Crippen LogP contribution in [0, 0.1) is 18.6 Å². The summed E-state index contributed by atoms with van der Waals surface area (Å²) in [5.41, 5.74) is 4.14. The van der Waals surface area contributed by atoms with E-state index < -0.39 is 17.7 Å². The van der Waals surface area contributed by atoms with E-state index in [4.69, 9.17) is 0 Å². The average Bonchev–Trinajstić information content (AvgIpc) is 3.51. The molecule has 0 spiro atoms. The zero-order valence-corrected chi connectivity index (χ0v) is 18.7. The third-order valence-electron chi connectivity index (χ3n) is 5.81. The molecule has 178 valence electrons. The molecule has 0 saturated heterocycles. The SMILES string of the molecule is Cc1cc(-n2ccnc2)cc2[nH]c(-c3c(NC(CO)Cc4ccc(F)c(F)c4)cc[nH]c3=O)nc12. The molecule has 0 radical (unpaired) electrons. The minimum absolute atomic E-state index is 0.216. The highest BCUT2D eigenvalue weighted by Crippen LogP contribution is 2.28. The number of hydrogen-bond donors (Lipinski definition) is 4. The number of aromatic nitrogens is 5. The number of halogens is 2. The van der Waals surface area contributed by atoms with Crippen molar-refractivity contribution >= 4 is 16.7 Å². The lowest BCUT2D eigenvalue weighted by Crippen LogP contribution is -2.28. The fourth-order valence-corrected chi connectivity index (χ4v) is 4.12. The second kappa shape index (κ2) is 9.15. The monoisotopic (exact) mass is 476 g/mol. The van der Waals surface area contributed by atoms with Crippen molar-refractivity contribution in [3.8, 4) is 17.1 Å². The number of fused-ring (bicyclic) bond motifs is 1. The zero-order valence-electron chi connectivity index (χ0n) is 18.7. The van der Waals surface area contributed by atoms with Crippen LogP contribution in [0.5, 0.6) is 0 Å². The molecule has 0 amide bonds. The first-order valence-corrected chi connectivity index (χ1v) is 10.9. The Morgan fingerprint density at radius 3 is 2.77 bits per heavy atom. The number of benzene rings is 2. The second-order valence-corrected chi connectivity index (χ2v) is 8.29. The van der Waals surface area contributed by atoms with Crippen molar-refractivity contribution in [1.82, 2.24) is 24.5 Å². The molecule has 0 aliphatic rings. The Labute approximate surface area is 198 Å². The predicted octanol–water partition coefficient (Wildman–Crippen LogP) is 3.71. The summed E-state index contributed by atoms with van der Waals surface area (Å²) < 4.78 is 28.8. The number of pyridine rings is 1. The topological polar surface area (TPSA) is 112 Å². The van der Waals surface area contributed by atoms with Gasteiger partial charge in [-0.15, -0.1) is 0 Å². The summed E-state index contributed by atoms with van der Waals surface area (Å²) in [4.78, 5) is 27.5. The molecule has 3 aromatic heterocycles. The van der Waals surface area contributed by atoms with Crippen molar-refractivity contribution < 1.29 is 13.9 Å². The standard InChI is InChI=1S/C25H22F2N6O2/c1-14-8-17(33-7-6-28-13-33)11-21-23(14)32-24(31-21)22-20(4-5-29-25(22)35)30-16(12-34)9-15-2-3-18(26)19(27)10-15/h2-8,10-11,13,16,34H,9,12H2,1H3,(H,31,32)(H2,29,30,35). The van der Waals surface area contributed by atoms with E-state index in [1.807, 2.05) is 29.8 Å². The molecule has 0 fully saturated rings. The number of aromatic amines is 2. The van der Waals surface area contributed by atoms with E-state index in [1.165, 1.54) is 12.3 Å². The van der Waals surface area contributed by atoms with Gasteiger partial charge >= 0.3 is 0 Å². The number of anilines is 1. The largest absolute Gasteiger partial charge is 0.394 e. The van der Waals surface area contributed by atoms with Crippen LogP contribution in [0.3, 0.4) is 0 Å². The summed E-state index contributed by atoms with van der Waals surface area (Å²) >= 11 is 0. The number of hydrogen-bond acceptors (Lipinski definition) is 5. The molecule has 0 aliphatic heterocycles. The molecule has 1 atom stereocenters. The molecule has 4 N–H and O–H groups in total. The van der Waals surface area contributed by atoms with Crippen LogP contribution in [-0.4, -0.2) is 42.3 Å².